The number of nitrogens with two attached hydrogens (primary N) is 1. The molecule has 182 valence electrons. The van der Waals surface area contributed by atoms with Crippen molar-refractivity contribution >= 4 is 24.7 Å². The molecule has 0 unspecified atom stereocenters. The highest BCUT2D eigenvalue weighted by Crippen LogP contribution is 2.38. The van der Waals surface area contributed by atoms with Gasteiger partial charge < -0.3 is 36.2 Å². The molecular formula is C23H36BN3O6. The van der Waals surface area contributed by atoms with Gasteiger partial charge in [-0.2, -0.15) is 0 Å². The number of carbonyl (C=O) groups is 2. The number of benzene rings is 1. The van der Waals surface area contributed by atoms with E-state index in [1.54, 1.807) is 12.1 Å². The molecule has 9 nitrogen and oxygen atoms in total. The second kappa shape index (κ2) is 11.3. The number of hydrogen-bond acceptors (Lipinski definition) is 7. The van der Waals surface area contributed by atoms with Crippen LogP contribution in [-0.4, -0.2) is 70.5 Å². The number of anilines is 1. The number of aromatic carboxylic acids is 1. The van der Waals surface area contributed by atoms with Crippen LogP contribution in [0.3, 0.4) is 0 Å². The Kier molecular flexibility index (Phi) is 8.75. The SMILES string of the molecule is N[C@](CCCCB(O)O)(C(=O)O)[C@H]1C[C@H](NCC2CCN(c3ccc(C(=O)O)cc3)CC2)C1. The minimum Gasteiger partial charge on any atom is -0.480 e. The van der Waals surface area contributed by atoms with Crippen molar-refractivity contribution in [1.29, 1.82) is 0 Å². The van der Waals surface area contributed by atoms with Gasteiger partial charge in [-0.15, -0.1) is 0 Å². The summed E-state index contributed by atoms with van der Waals surface area (Å²) in [6.07, 6.45) is 5.29. The fraction of sp³-hybridized carbons (Fsp3) is 0.652. The lowest BCUT2D eigenvalue weighted by molar-refractivity contribution is -0.148. The molecule has 1 saturated heterocycles. The van der Waals surface area contributed by atoms with Crippen LogP contribution in [0.25, 0.3) is 0 Å². The molecule has 1 aromatic carbocycles. The molecule has 10 heteroatoms. The molecule has 1 aromatic rings. The van der Waals surface area contributed by atoms with E-state index in [0.29, 0.717) is 30.7 Å². The Labute approximate surface area is 195 Å². The lowest BCUT2D eigenvalue weighted by atomic mass is 9.66. The molecule has 3 rings (SSSR count). The molecule has 0 spiro atoms. The first-order valence-electron chi connectivity index (χ1n) is 11.9. The first-order valence-corrected chi connectivity index (χ1v) is 11.9. The number of nitrogens with zero attached hydrogens (tertiary/aromatic N) is 1. The first-order chi connectivity index (χ1) is 15.7. The smallest absolute Gasteiger partial charge is 0.451 e. The minimum absolute atomic E-state index is 0.0674. The van der Waals surface area contributed by atoms with Gasteiger partial charge in [0, 0.05) is 24.8 Å². The van der Waals surface area contributed by atoms with E-state index in [1.807, 2.05) is 12.1 Å². The Balaban J connectivity index is 1.36. The van der Waals surface area contributed by atoms with Crippen LogP contribution in [0.4, 0.5) is 5.69 Å². The lowest BCUT2D eigenvalue weighted by Gasteiger charge is -2.45. The fourth-order valence-electron chi connectivity index (χ4n) is 4.98. The van der Waals surface area contributed by atoms with Crippen molar-refractivity contribution in [2.24, 2.45) is 17.6 Å². The summed E-state index contributed by atoms with van der Waals surface area (Å²) < 4.78 is 0. The van der Waals surface area contributed by atoms with Gasteiger partial charge in [0.2, 0.25) is 0 Å². The Bertz CT molecular complexity index is 794. The molecule has 0 amide bonds. The molecule has 1 aliphatic carbocycles. The summed E-state index contributed by atoms with van der Waals surface area (Å²) in [5.41, 5.74) is 6.37. The third kappa shape index (κ3) is 6.69. The van der Waals surface area contributed by atoms with Crippen molar-refractivity contribution in [3.05, 3.63) is 29.8 Å². The van der Waals surface area contributed by atoms with E-state index in [4.69, 9.17) is 20.9 Å². The summed E-state index contributed by atoms with van der Waals surface area (Å²) in [5.74, 6) is -1.40. The highest BCUT2D eigenvalue weighted by Gasteiger charge is 2.48. The number of unbranched alkanes of at least 4 members (excludes halogenated alkanes) is 1. The molecule has 33 heavy (non-hydrogen) atoms. The van der Waals surface area contributed by atoms with Crippen molar-refractivity contribution in [2.45, 2.75) is 62.8 Å². The number of piperidine rings is 1. The predicted octanol–water partition coefficient (Wildman–Crippen LogP) is 1.39. The van der Waals surface area contributed by atoms with Crippen LogP contribution in [0, 0.1) is 11.8 Å². The van der Waals surface area contributed by atoms with Crippen LogP contribution in [0.5, 0.6) is 0 Å². The minimum atomic E-state index is -1.36. The van der Waals surface area contributed by atoms with Crippen LogP contribution in [0.2, 0.25) is 6.32 Å². The van der Waals surface area contributed by atoms with Crippen molar-refractivity contribution in [2.75, 3.05) is 24.5 Å². The normalized spacial score (nSPS) is 22.9. The third-order valence-corrected chi connectivity index (χ3v) is 7.36. The average molecular weight is 461 g/mol. The zero-order valence-electron chi connectivity index (χ0n) is 19.0. The number of carboxylic acid groups (broad SMARTS) is 2. The number of carboxylic acids is 2. The van der Waals surface area contributed by atoms with E-state index in [-0.39, 0.29) is 18.3 Å². The van der Waals surface area contributed by atoms with Gasteiger partial charge in [-0.05, 0) is 81.1 Å². The molecule has 0 radical (unpaired) electrons. The van der Waals surface area contributed by atoms with Crippen LogP contribution >= 0.6 is 0 Å². The highest BCUT2D eigenvalue weighted by molar-refractivity contribution is 6.40. The summed E-state index contributed by atoms with van der Waals surface area (Å²) in [6, 6.07) is 7.30. The first kappa shape index (κ1) is 25.5. The van der Waals surface area contributed by atoms with Crippen molar-refractivity contribution in [3.63, 3.8) is 0 Å². The largest absolute Gasteiger partial charge is 0.480 e. The topological polar surface area (TPSA) is 156 Å². The molecule has 1 aliphatic heterocycles. The van der Waals surface area contributed by atoms with E-state index < -0.39 is 24.6 Å². The van der Waals surface area contributed by atoms with E-state index in [9.17, 15) is 14.7 Å². The van der Waals surface area contributed by atoms with Crippen LogP contribution in [-0.2, 0) is 4.79 Å². The summed E-state index contributed by atoms with van der Waals surface area (Å²) in [6.45, 7) is 2.77. The zero-order valence-corrected chi connectivity index (χ0v) is 19.0. The molecule has 0 bridgehead atoms. The Morgan fingerprint density at radius 3 is 2.27 bits per heavy atom. The Morgan fingerprint density at radius 2 is 1.73 bits per heavy atom. The van der Waals surface area contributed by atoms with Gasteiger partial charge in [0.15, 0.2) is 0 Å². The highest BCUT2D eigenvalue weighted by atomic mass is 16.4. The van der Waals surface area contributed by atoms with Gasteiger partial charge in [0.1, 0.15) is 5.54 Å². The number of hydrogen-bond donors (Lipinski definition) is 6. The predicted molar refractivity (Wildman–Crippen MR) is 126 cm³/mol. The molecular weight excluding hydrogens is 425 g/mol. The monoisotopic (exact) mass is 461 g/mol. The van der Waals surface area contributed by atoms with Crippen LogP contribution in [0.1, 0.15) is 55.3 Å². The summed E-state index contributed by atoms with van der Waals surface area (Å²) in [7, 11) is -1.36. The number of rotatable bonds is 12. The molecule has 1 saturated carbocycles. The fourth-order valence-corrected chi connectivity index (χ4v) is 4.98. The maximum Gasteiger partial charge on any atom is 0.451 e. The Morgan fingerprint density at radius 1 is 1.09 bits per heavy atom. The quantitative estimate of drug-likeness (QED) is 0.200. The third-order valence-electron chi connectivity index (χ3n) is 7.36. The molecule has 1 atom stereocenters. The average Bonchev–Trinajstić information content (AvgIpc) is 2.76. The van der Waals surface area contributed by atoms with Crippen molar-refractivity contribution in [1.82, 2.24) is 5.32 Å². The summed E-state index contributed by atoms with van der Waals surface area (Å²) in [5, 5.41) is 40.2. The van der Waals surface area contributed by atoms with Gasteiger partial charge >= 0.3 is 19.1 Å². The van der Waals surface area contributed by atoms with Crippen LogP contribution in [0.15, 0.2) is 24.3 Å². The summed E-state index contributed by atoms with van der Waals surface area (Å²) in [4.78, 5) is 25.1. The molecule has 7 N–H and O–H groups in total. The van der Waals surface area contributed by atoms with E-state index in [0.717, 1.165) is 51.0 Å². The maximum atomic E-state index is 11.8. The Hall–Kier alpha value is -2.14. The van der Waals surface area contributed by atoms with Crippen LogP contribution < -0.4 is 16.0 Å². The van der Waals surface area contributed by atoms with Crippen molar-refractivity contribution < 1.29 is 29.9 Å². The zero-order chi connectivity index (χ0) is 24.0. The molecule has 1 heterocycles. The number of aliphatic carboxylic acids is 1. The standard InChI is InChI=1S/C23H36BN3O6/c25-23(22(30)31,9-1-2-10-24(32)33)18-13-19(14-18)26-15-16-7-11-27(12-8-16)20-5-3-17(4-6-20)21(28)29/h3-6,16,18-19,26,32-33H,1-2,7-15,25H2,(H,28,29)(H,30,31)/t18-,19-,23-/m0/s1. The molecule has 0 aromatic heterocycles. The lowest BCUT2D eigenvalue weighted by Crippen LogP contribution is -2.61. The summed E-state index contributed by atoms with van der Waals surface area (Å²) >= 11 is 0. The van der Waals surface area contributed by atoms with E-state index >= 15 is 0 Å². The number of nitrogens with one attached hydrogen (secondary N) is 1. The second-order valence-corrected chi connectivity index (χ2v) is 9.63. The van der Waals surface area contributed by atoms with Crippen molar-refractivity contribution in [3.8, 4) is 0 Å². The van der Waals surface area contributed by atoms with E-state index in [1.165, 1.54) is 0 Å². The van der Waals surface area contributed by atoms with E-state index in [2.05, 4.69) is 10.2 Å². The van der Waals surface area contributed by atoms with Gasteiger partial charge in [-0.1, -0.05) is 12.8 Å². The maximum absolute atomic E-state index is 11.8. The van der Waals surface area contributed by atoms with Gasteiger partial charge in [0.05, 0.1) is 5.56 Å². The second-order valence-electron chi connectivity index (χ2n) is 9.63. The molecule has 2 fully saturated rings. The van der Waals surface area contributed by atoms with Gasteiger partial charge in [-0.25, -0.2) is 4.79 Å². The van der Waals surface area contributed by atoms with Gasteiger partial charge in [0.25, 0.3) is 0 Å². The van der Waals surface area contributed by atoms with Gasteiger partial charge in [-0.3, -0.25) is 4.79 Å². The molecule has 2 aliphatic rings.